The number of hydrogen-bond acceptors (Lipinski definition) is 2. The maximum Gasteiger partial charge on any atom is 0.155 e. The molecule has 0 spiro atoms. The van der Waals surface area contributed by atoms with Gasteiger partial charge < -0.3 is 0 Å². The summed E-state index contributed by atoms with van der Waals surface area (Å²) in [5.74, 6) is 0.527. The second-order valence-electron chi connectivity index (χ2n) is 5.45. The lowest BCUT2D eigenvalue weighted by atomic mass is 9.97. The van der Waals surface area contributed by atoms with E-state index in [-0.39, 0.29) is 11.6 Å². The lowest BCUT2D eigenvalue weighted by Gasteiger charge is -2.09. The lowest BCUT2D eigenvalue weighted by molar-refractivity contribution is -0.114. The highest BCUT2D eigenvalue weighted by Crippen LogP contribution is 2.28. The van der Waals surface area contributed by atoms with E-state index in [9.17, 15) is 9.59 Å². The molecule has 0 atom stereocenters. The molecule has 2 aliphatic carbocycles. The normalized spacial score (nSPS) is 21.0. The molecule has 96 valence electrons. The Morgan fingerprint density at radius 3 is 1.50 bits per heavy atom. The lowest BCUT2D eigenvalue weighted by Crippen LogP contribution is -1.89. The second kappa shape index (κ2) is 5.47. The van der Waals surface area contributed by atoms with Crippen LogP contribution in [0.25, 0.3) is 0 Å². The van der Waals surface area contributed by atoms with Crippen molar-refractivity contribution in [1.82, 2.24) is 0 Å². The van der Waals surface area contributed by atoms with Gasteiger partial charge in [-0.25, -0.2) is 0 Å². The summed E-state index contributed by atoms with van der Waals surface area (Å²) in [5.41, 5.74) is 5.20. The van der Waals surface area contributed by atoms with Crippen LogP contribution in [-0.2, 0) is 9.59 Å². The molecule has 0 fully saturated rings. The van der Waals surface area contributed by atoms with Gasteiger partial charge in [0.1, 0.15) is 0 Å². The van der Waals surface area contributed by atoms with Crippen LogP contribution in [0.15, 0.2) is 34.4 Å². The van der Waals surface area contributed by atoms with Crippen molar-refractivity contribution in [2.45, 2.75) is 52.4 Å². The Hall–Kier alpha value is -1.44. The summed E-state index contributed by atoms with van der Waals surface area (Å²) in [5, 5.41) is 0. The van der Waals surface area contributed by atoms with Crippen molar-refractivity contribution in [3.8, 4) is 0 Å². The summed E-state index contributed by atoms with van der Waals surface area (Å²) in [6, 6.07) is 0. The summed E-state index contributed by atoms with van der Waals surface area (Å²) in [7, 11) is 0. The van der Waals surface area contributed by atoms with Crippen LogP contribution in [0.5, 0.6) is 0 Å². The Kier molecular flexibility index (Phi) is 3.95. The van der Waals surface area contributed by atoms with E-state index in [1.807, 2.05) is 0 Å². The molecule has 2 rings (SSSR count). The van der Waals surface area contributed by atoms with E-state index in [2.05, 4.69) is 13.8 Å². The van der Waals surface area contributed by atoms with Gasteiger partial charge in [0, 0.05) is 12.8 Å². The van der Waals surface area contributed by atoms with E-state index in [4.69, 9.17) is 0 Å². The molecule has 0 heterocycles. The van der Waals surface area contributed by atoms with E-state index >= 15 is 0 Å². The predicted molar refractivity (Wildman–Crippen MR) is 72.3 cm³/mol. The smallest absolute Gasteiger partial charge is 0.155 e. The van der Waals surface area contributed by atoms with Gasteiger partial charge in [-0.1, -0.05) is 22.3 Å². The van der Waals surface area contributed by atoms with Gasteiger partial charge in [0.15, 0.2) is 11.6 Å². The van der Waals surface area contributed by atoms with Gasteiger partial charge >= 0.3 is 0 Å². The molecular formula is C16H20O2. The van der Waals surface area contributed by atoms with E-state index in [0.717, 1.165) is 25.7 Å². The van der Waals surface area contributed by atoms with Gasteiger partial charge in [0.2, 0.25) is 0 Å². The topological polar surface area (TPSA) is 34.1 Å². The van der Waals surface area contributed by atoms with E-state index in [0.29, 0.717) is 12.8 Å². The highest BCUT2D eigenvalue weighted by molar-refractivity contribution is 5.93. The van der Waals surface area contributed by atoms with Crippen LogP contribution in [0.4, 0.5) is 0 Å². The zero-order valence-corrected chi connectivity index (χ0v) is 11.2. The molecule has 0 aromatic carbocycles. The molecule has 0 amide bonds. The van der Waals surface area contributed by atoms with Crippen LogP contribution in [0.1, 0.15) is 52.4 Å². The Balaban J connectivity index is 1.97. The van der Waals surface area contributed by atoms with Crippen molar-refractivity contribution in [1.29, 1.82) is 0 Å². The first-order valence-corrected chi connectivity index (χ1v) is 6.64. The molecule has 0 saturated carbocycles. The molecule has 2 aliphatic rings. The minimum atomic E-state index is 0.263. The molecule has 0 N–H and O–H groups in total. The summed E-state index contributed by atoms with van der Waals surface area (Å²) in [6.45, 7) is 4.27. The van der Waals surface area contributed by atoms with Crippen molar-refractivity contribution < 1.29 is 9.59 Å². The largest absolute Gasteiger partial charge is 0.295 e. The number of hydrogen-bond donors (Lipinski definition) is 0. The standard InChI is InChI=1S/C16H20O2/c1-11(7-13-3-5-15(17)9-13)12(2)8-14-4-6-16(18)10-14/h9-10H,3-8H2,1-2H3/b12-11-. The van der Waals surface area contributed by atoms with Gasteiger partial charge in [-0.2, -0.15) is 0 Å². The molecule has 2 nitrogen and oxygen atoms in total. The Morgan fingerprint density at radius 1 is 0.833 bits per heavy atom. The quantitative estimate of drug-likeness (QED) is 0.707. The van der Waals surface area contributed by atoms with Gasteiger partial charge in [-0.15, -0.1) is 0 Å². The van der Waals surface area contributed by atoms with E-state index in [1.165, 1.54) is 22.3 Å². The number of ketones is 2. The number of allylic oxidation sites excluding steroid dienone is 6. The van der Waals surface area contributed by atoms with Gasteiger partial charge in [0.25, 0.3) is 0 Å². The number of carbonyl (C=O) groups excluding carboxylic acids is 2. The van der Waals surface area contributed by atoms with Crippen molar-refractivity contribution in [3.63, 3.8) is 0 Å². The Morgan fingerprint density at radius 2 is 1.22 bits per heavy atom. The summed E-state index contributed by atoms with van der Waals surface area (Å²) >= 11 is 0. The summed E-state index contributed by atoms with van der Waals surface area (Å²) < 4.78 is 0. The maximum atomic E-state index is 11.2. The monoisotopic (exact) mass is 244 g/mol. The fourth-order valence-corrected chi connectivity index (χ4v) is 2.57. The molecule has 0 radical (unpaired) electrons. The highest BCUT2D eigenvalue weighted by atomic mass is 16.1. The van der Waals surface area contributed by atoms with Crippen molar-refractivity contribution in [2.75, 3.05) is 0 Å². The SMILES string of the molecule is C/C(CC1=CC(=O)CC1)=C(\C)CC1=CC(=O)CC1. The minimum Gasteiger partial charge on any atom is -0.295 e. The van der Waals surface area contributed by atoms with Crippen molar-refractivity contribution in [2.24, 2.45) is 0 Å². The number of carbonyl (C=O) groups is 2. The zero-order chi connectivity index (χ0) is 13.1. The fraction of sp³-hybridized carbons (Fsp3) is 0.500. The van der Waals surface area contributed by atoms with Crippen LogP contribution < -0.4 is 0 Å². The molecule has 0 bridgehead atoms. The minimum absolute atomic E-state index is 0.263. The number of rotatable bonds is 4. The first-order valence-electron chi connectivity index (χ1n) is 6.64. The molecule has 2 heteroatoms. The van der Waals surface area contributed by atoms with Crippen LogP contribution >= 0.6 is 0 Å². The fourth-order valence-electron chi connectivity index (χ4n) is 2.57. The predicted octanol–water partition coefficient (Wildman–Crippen LogP) is 3.68. The first-order chi connectivity index (χ1) is 8.54. The van der Waals surface area contributed by atoms with Crippen LogP contribution in [-0.4, -0.2) is 11.6 Å². The average molecular weight is 244 g/mol. The molecule has 0 saturated heterocycles. The third-order valence-corrected chi connectivity index (χ3v) is 3.83. The second-order valence-corrected chi connectivity index (χ2v) is 5.45. The van der Waals surface area contributed by atoms with Gasteiger partial charge in [-0.3, -0.25) is 9.59 Å². The molecule has 0 aromatic rings. The van der Waals surface area contributed by atoms with Gasteiger partial charge in [-0.05, 0) is 51.7 Å². The molecule has 0 aliphatic heterocycles. The van der Waals surface area contributed by atoms with Gasteiger partial charge in [0.05, 0.1) is 0 Å². The molecule has 0 unspecified atom stereocenters. The van der Waals surface area contributed by atoms with E-state index < -0.39 is 0 Å². The first kappa shape index (κ1) is 13.0. The summed E-state index contributed by atoms with van der Waals surface area (Å²) in [6.07, 6.45) is 8.64. The molecule has 18 heavy (non-hydrogen) atoms. The van der Waals surface area contributed by atoms with Crippen LogP contribution in [0.3, 0.4) is 0 Å². The summed E-state index contributed by atoms with van der Waals surface area (Å²) in [4.78, 5) is 22.4. The molecule has 0 aromatic heterocycles. The Bertz CT molecular complexity index is 431. The third kappa shape index (κ3) is 3.28. The third-order valence-electron chi connectivity index (χ3n) is 3.83. The highest BCUT2D eigenvalue weighted by Gasteiger charge is 2.15. The van der Waals surface area contributed by atoms with Crippen LogP contribution in [0.2, 0.25) is 0 Å². The zero-order valence-electron chi connectivity index (χ0n) is 11.2. The molecular weight excluding hydrogens is 224 g/mol. The Labute approximate surface area is 108 Å². The average Bonchev–Trinajstić information content (AvgIpc) is 2.88. The van der Waals surface area contributed by atoms with Crippen molar-refractivity contribution >= 4 is 11.6 Å². The maximum absolute atomic E-state index is 11.2. The van der Waals surface area contributed by atoms with Crippen molar-refractivity contribution in [3.05, 3.63) is 34.4 Å². The van der Waals surface area contributed by atoms with E-state index in [1.54, 1.807) is 12.2 Å². The van der Waals surface area contributed by atoms with Crippen LogP contribution in [0, 0.1) is 0 Å².